The van der Waals surface area contributed by atoms with Gasteiger partial charge in [-0.2, -0.15) is 5.26 Å². The minimum atomic E-state index is -0.654. The Bertz CT molecular complexity index is 1760. The standard InChI is InChI=1S/C32H37N7O4/c1-32(2,3)43-31(41)35-23-11-20(15-33)16-38(18-23)30(40)22-12-24-27(26(14-22)42-5)37(4)29(36-24)25-13-21-7-6-10-34-28(21)39(25)17-19-8-9-19/h6-7,10,12-14,19-20,23H,8-9,11,16-18H2,1-5H3,(H,35,41). The number of methoxy groups -OCH3 is 1. The van der Waals surface area contributed by atoms with Gasteiger partial charge in [-0.05, 0) is 76.3 Å². The lowest BCUT2D eigenvalue weighted by Crippen LogP contribution is -2.53. The number of aromatic nitrogens is 4. The quantitative estimate of drug-likeness (QED) is 0.342. The maximum absolute atomic E-state index is 13.9. The molecular weight excluding hydrogens is 546 g/mol. The Labute approximate surface area is 250 Å². The first-order valence-corrected chi connectivity index (χ1v) is 14.7. The molecule has 0 radical (unpaired) electrons. The minimum Gasteiger partial charge on any atom is -0.494 e. The largest absolute Gasteiger partial charge is 0.494 e. The van der Waals surface area contributed by atoms with E-state index in [-0.39, 0.29) is 19.0 Å². The van der Waals surface area contributed by atoms with Crippen LogP contribution in [0.3, 0.4) is 0 Å². The summed E-state index contributed by atoms with van der Waals surface area (Å²) in [7, 11) is 3.54. The van der Waals surface area contributed by atoms with Crippen molar-refractivity contribution in [3.05, 3.63) is 42.1 Å². The number of imidazole rings is 1. The van der Waals surface area contributed by atoms with Gasteiger partial charge in [-0.1, -0.05) is 0 Å². The molecule has 1 saturated carbocycles. The van der Waals surface area contributed by atoms with E-state index >= 15 is 0 Å². The summed E-state index contributed by atoms with van der Waals surface area (Å²) in [6.07, 6.45) is 4.11. The molecule has 1 aromatic carbocycles. The van der Waals surface area contributed by atoms with Crippen LogP contribution in [-0.4, -0.2) is 67.8 Å². The summed E-state index contributed by atoms with van der Waals surface area (Å²) in [4.78, 5) is 37.6. The third-order valence-corrected chi connectivity index (χ3v) is 8.06. The van der Waals surface area contributed by atoms with Crippen LogP contribution in [0.4, 0.5) is 4.79 Å². The summed E-state index contributed by atoms with van der Waals surface area (Å²) in [6, 6.07) is 11.5. The van der Waals surface area contributed by atoms with Crippen LogP contribution in [0.1, 0.15) is 50.4 Å². The Kier molecular flexibility index (Phi) is 7.24. The van der Waals surface area contributed by atoms with E-state index in [0.29, 0.717) is 29.2 Å². The van der Waals surface area contributed by atoms with Crippen LogP contribution < -0.4 is 10.1 Å². The Morgan fingerprint density at radius 3 is 2.67 bits per heavy atom. The number of carbonyl (C=O) groups is 2. The van der Waals surface area contributed by atoms with Gasteiger partial charge in [-0.3, -0.25) is 4.79 Å². The van der Waals surface area contributed by atoms with Crippen molar-refractivity contribution in [2.45, 2.75) is 58.2 Å². The second kappa shape index (κ2) is 10.9. The van der Waals surface area contributed by atoms with E-state index in [4.69, 9.17) is 14.5 Å². The molecule has 2 atom stereocenters. The predicted octanol–water partition coefficient (Wildman–Crippen LogP) is 4.89. The van der Waals surface area contributed by atoms with Gasteiger partial charge in [0.25, 0.3) is 5.91 Å². The first-order valence-electron chi connectivity index (χ1n) is 14.7. The molecule has 0 spiro atoms. The molecule has 1 aliphatic carbocycles. The maximum atomic E-state index is 13.9. The summed E-state index contributed by atoms with van der Waals surface area (Å²) < 4.78 is 15.4. The van der Waals surface area contributed by atoms with Crippen molar-refractivity contribution in [3.63, 3.8) is 0 Å². The van der Waals surface area contributed by atoms with Crippen LogP contribution in [-0.2, 0) is 18.3 Å². The predicted molar refractivity (Wildman–Crippen MR) is 161 cm³/mol. The number of piperidine rings is 1. The number of fused-ring (bicyclic) bond motifs is 2. The second-order valence-electron chi connectivity index (χ2n) is 12.7. The van der Waals surface area contributed by atoms with Crippen LogP contribution >= 0.6 is 0 Å². The number of rotatable bonds is 6. The number of ether oxygens (including phenoxy) is 2. The molecule has 11 heteroatoms. The molecule has 224 valence electrons. The number of nitriles is 1. The van der Waals surface area contributed by atoms with E-state index in [9.17, 15) is 14.9 Å². The van der Waals surface area contributed by atoms with E-state index in [1.807, 2.05) is 23.9 Å². The molecule has 1 saturated heterocycles. The molecule has 2 unspecified atom stereocenters. The van der Waals surface area contributed by atoms with Crippen molar-refractivity contribution in [2.24, 2.45) is 18.9 Å². The molecule has 0 bridgehead atoms. The van der Waals surface area contributed by atoms with Crippen molar-refractivity contribution in [1.29, 1.82) is 5.26 Å². The molecule has 2 fully saturated rings. The highest BCUT2D eigenvalue weighted by Crippen LogP contribution is 2.37. The van der Waals surface area contributed by atoms with Crippen molar-refractivity contribution in [2.75, 3.05) is 20.2 Å². The Morgan fingerprint density at radius 2 is 1.98 bits per heavy atom. The number of nitrogens with zero attached hydrogens (tertiary/aromatic N) is 6. The Morgan fingerprint density at radius 1 is 1.19 bits per heavy atom. The molecule has 2 aliphatic rings. The van der Waals surface area contributed by atoms with Gasteiger partial charge in [0.1, 0.15) is 22.5 Å². The van der Waals surface area contributed by atoms with Gasteiger partial charge in [0.15, 0.2) is 5.82 Å². The van der Waals surface area contributed by atoms with Gasteiger partial charge in [0.05, 0.1) is 36.3 Å². The Balaban J connectivity index is 1.34. The zero-order valence-electron chi connectivity index (χ0n) is 25.3. The first kappa shape index (κ1) is 28.5. The number of hydrogen-bond donors (Lipinski definition) is 1. The number of nitrogens with one attached hydrogen (secondary N) is 1. The molecule has 2 amide bonds. The SMILES string of the molecule is COc1cc(C(=O)N2CC(C#N)CC(NC(=O)OC(C)(C)C)C2)cc2nc(-c3cc4cccnc4n3CC3CC3)n(C)c12. The van der Waals surface area contributed by atoms with Gasteiger partial charge in [-0.15, -0.1) is 0 Å². The number of carbonyl (C=O) groups excluding carboxylic acids is 2. The number of benzene rings is 1. The van der Waals surface area contributed by atoms with Gasteiger partial charge in [-0.25, -0.2) is 14.8 Å². The van der Waals surface area contributed by atoms with Crippen molar-refractivity contribution < 1.29 is 19.1 Å². The van der Waals surface area contributed by atoms with Gasteiger partial charge in [0, 0.05) is 43.8 Å². The molecular formula is C32H37N7O4. The van der Waals surface area contributed by atoms with Crippen molar-refractivity contribution in [1.82, 2.24) is 29.3 Å². The second-order valence-corrected chi connectivity index (χ2v) is 12.7. The highest BCUT2D eigenvalue weighted by molar-refractivity contribution is 6.00. The lowest BCUT2D eigenvalue weighted by molar-refractivity contribution is 0.0435. The van der Waals surface area contributed by atoms with Crippen molar-refractivity contribution >= 4 is 34.1 Å². The first-order chi connectivity index (χ1) is 20.5. The topological polar surface area (TPSA) is 127 Å². The summed E-state index contributed by atoms with van der Waals surface area (Å²) in [5.74, 6) is 1.25. The monoisotopic (exact) mass is 583 g/mol. The van der Waals surface area contributed by atoms with Crippen LogP contribution in [0.15, 0.2) is 36.5 Å². The molecule has 1 N–H and O–H groups in total. The third kappa shape index (κ3) is 5.74. The van der Waals surface area contributed by atoms with E-state index in [2.05, 4.69) is 33.1 Å². The van der Waals surface area contributed by atoms with Crippen LogP contribution in [0.25, 0.3) is 33.6 Å². The molecule has 11 nitrogen and oxygen atoms in total. The smallest absolute Gasteiger partial charge is 0.407 e. The van der Waals surface area contributed by atoms with Crippen molar-refractivity contribution in [3.8, 4) is 23.3 Å². The van der Waals surface area contributed by atoms with Crippen LogP contribution in [0.2, 0.25) is 0 Å². The highest BCUT2D eigenvalue weighted by Gasteiger charge is 2.33. The summed E-state index contributed by atoms with van der Waals surface area (Å²) >= 11 is 0. The average molecular weight is 584 g/mol. The molecule has 4 heterocycles. The van der Waals surface area contributed by atoms with Gasteiger partial charge in [0.2, 0.25) is 0 Å². The van der Waals surface area contributed by atoms with Crippen LogP contribution in [0, 0.1) is 23.2 Å². The zero-order valence-corrected chi connectivity index (χ0v) is 25.3. The van der Waals surface area contributed by atoms with E-state index in [1.54, 1.807) is 44.9 Å². The molecule has 6 rings (SSSR count). The number of alkyl carbamates (subject to hydrolysis) is 1. The molecule has 1 aliphatic heterocycles. The summed E-state index contributed by atoms with van der Waals surface area (Å²) in [5, 5.41) is 13.6. The normalized spacial score (nSPS) is 18.9. The number of likely N-dealkylation sites (tertiary alicyclic amines) is 1. The summed E-state index contributed by atoms with van der Waals surface area (Å²) in [6.45, 7) is 6.78. The average Bonchev–Trinajstić information content (AvgIpc) is 3.63. The van der Waals surface area contributed by atoms with E-state index < -0.39 is 23.7 Å². The number of amides is 2. The number of pyridine rings is 1. The summed E-state index contributed by atoms with van der Waals surface area (Å²) in [5.41, 5.74) is 3.07. The van der Waals surface area contributed by atoms with E-state index in [1.165, 1.54) is 12.8 Å². The van der Waals surface area contributed by atoms with Gasteiger partial charge < -0.3 is 28.8 Å². The molecule has 43 heavy (non-hydrogen) atoms. The van der Waals surface area contributed by atoms with E-state index in [0.717, 1.165) is 34.6 Å². The fraction of sp³-hybridized carbons (Fsp3) is 0.469. The fourth-order valence-corrected chi connectivity index (χ4v) is 5.95. The fourth-order valence-electron chi connectivity index (χ4n) is 5.95. The van der Waals surface area contributed by atoms with Crippen LogP contribution in [0.5, 0.6) is 5.75 Å². The maximum Gasteiger partial charge on any atom is 0.407 e. The number of hydrogen-bond acceptors (Lipinski definition) is 7. The lowest BCUT2D eigenvalue weighted by Gasteiger charge is -2.36. The molecule has 4 aromatic rings. The lowest BCUT2D eigenvalue weighted by atomic mass is 9.95. The highest BCUT2D eigenvalue weighted by atomic mass is 16.6. The number of aryl methyl sites for hydroxylation is 1. The third-order valence-electron chi connectivity index (χ3n) is 8.06. The minimum absolute atomic E-state index is 0.254. The molecule has 3 aromatic heterocycles. The zero-order chi connectivity index (χ0) is 30.5. The Hall–Kier alpha value is -4.59. The van der Waals surface area contributed by atoms with Gasteiger partial charge >= 0.3 is 6.09 Å².